The number of benzene rings is 1. The van der Waals surface area contributed by atoms with E-state index < -0.39 is 18.0 Å². The lowest BCUT2D eigenvalue weighted by molar-refractivity contribution is 0.0439. The molecule has 0 aliphatic carbocycles. The van der Waals surface area contributed by atoms with E-state index >= 15 is 0 Å². The molecule has 0 aliphatic heterocycles. The van der Waals surface area contributed by atoms with Gasteiger partial charge >= 0.3 is 11.9 Å². The monoisotopic (exact) mass is 232 g/mol. The zero-order chi connectivity index (χ0) is 12.8. The molecule has 4 nitrogen and oxygen atoms in total. The topological polar surface area (TPSA) is 52.6 Å². The molecule has 0 saturated carbocycles. The van der Waals surface area contributed by atoms with Gasteiger partial charge in [0.25, 0.3) is 0 Å². The Morgan fingerprint density at radius 1 is 1.29 bits per heavy atom. The van der Waals surface area contributed by atoms with Crippen molar-refractivity contribution in [3.8, 4) is 12.3 Å². The minimum absolute atomic E-state index is 0.259. The van der Waals surface area contributed by atoms with E-state index in [4.69, 9.17) is 11.2 Å². The van der Waals surface area contributed by atoms with E-state index in [0.29, 0.717) is 0 Å². The molecule has 4 heteroatoms. The molecule has 0 spiro atoms. The predicted octanol–water partition coefficient (Wildman–Crippen LogP) is 1.65. The highest BCUT2D eigenvalue weighted by Crippen LogP contribution is 2.09. The number of hydrogen-bond donors (Lipinski definition) is 0. The fraction of sp³-hybridized carbons (Fsp3) is 0.231. The molecule has 0 aliphatic rings. The number of carbonyl (C=O) groups excluding carboxylic acids is 2. The molecule has 1 aromatic rings. The van der Waals surface area contributed by atoms with Gasteiger partial charge in [-0.3, -0.25) is 0 Å². The third-order valence-electron chi connectivity index (χ3n) is 2.04. The number of esters is 2. The van der Waals surface area contributed by atoms with Gasteiger partial charge in [-0.2, -0.15) is 0 Å². The minimum Gasteiger partial charge on any atom is -0.465 e. The number of rotatable bonds is 3. The summed E-state index contributed by atoms with van der Waals surface area (Å²) in [6.45, 7) is 1.59. The molecule has 0 aromatic heterocycles. The van der Waals surface area contributed by atoms with Crippen LogP contribution in [0.4, 0.5) is 0 Å². The summed E-state index contributed by atoms with van der Waals surface area (Å²) in [4.78, 5) is 22.9. The number of hydrogen-bond acceptors (Lipinski definition) is 4. The van der Waals surface area contributed by atoms with E-state index in [1.165, 1.54) is 19.2 Å². The molecule has 0 amide bonds. The Bertz CT molecular complexity index is 471. The normalized spacial score (nSPS) is 11.1. The van der Waals surface area contributed by atoms with Gasteiger partial charge in [0, 0.05) is 0 Å². The molecule has 17 heavy (non-hydrogen) atoms. The Hall–Kier alpha value is -2.28. The molecule has 1 aromatic carbocycles. The highest BCUT2D eigenvalue weighted by atomic mass is 16.5. The molecule has 1 rings (SSSR count). The maximum Gasteiger partial charge on any atom is 0.339 e. The zero-order valence-corrected chi connectivity index (χ0v) is 9.60. The van der Waals surface area contributed by atoms with Crippen LogP contribution >= 0.6 is 0 Å². The second-order valence-corrected chi connectivity index (χ2v) is 3.29. The first-order valence-electron chi connectivity index (χ1n) is 4.94. The van der Waals surface area contributed by atoms with Crippen LogP contribution < -0.4 is 0 Å². The second kappa shape index (κ2) is 5.71. The summed E-state index contributed by atoms with van der Waals surface area (Å²) in [5, 5.41) is 0. The van der Waals surface area contributed by atoms with Crippen molar-refractivity contribution in [3.05, 3.63) is 35.4 Å². The van der Waals surface area contributed by atoms with Gasteiger partial charge < -0.3 is 9.47 Å². The number of methoxy groups -OCH3 is 1. The Morgan fingerprint density at radius 3 is 2.41 bits per heavy atom. The van der Waals surface area contributed by atoms with Crippen LogP contribution in [0, 0.1) is 12.3 Å². The zero-order valence-electron chi connectivity index (χ0n) is 9.60. The van der Waals surface area contributed by atoms with E-state index in [0.717, 1.165) is 0 Å². The van der Waals surface area contributed by atoms with Crippen molar-refractivity contribution in [3.63, 3.8) is 0 Å². The lowest BCUT2D eigenvalue weighted by Crippen LogP contribution is -2.13. The number of ether oxygens (including phenoxy) is 2. The Morgan fingerprint density at radius 2 is 1.88 bits per heavy atom. The Balaban J connectivity index is 2.89. The van der Waals surface area contributed by atoms with Crippen molar-refractivity contribution in [2.75, 3.05) is 7.11 Å². The molecule has 1 atom stereocenters. The molecule has 0 N–H and O–H groups in total. The molecular weight excluding hydrogens is 220 g/mol. The molecule has 0 bridgehead atoms. The molecule has 88 valence electrons. The van der Waals surface area contributed by atoms with Crippen molar-refractivity contribution in [2.24, 2.45) is 0 Å². The van der Waals surface area contributed by atoms with Gasteiger partial charge in [-0.05, 0) is 25.1 Å². The van der Waals surface area contributed by atoms with Crippen LogP contribution in [-0.4, -0.2) is 25.2 Å². The van der Waals surface area contributed by atoms with Gasteiger partial charge in [-0.1, -0.05) is 12.0 Å². The molecule has 0 unspecified atom stereocenters. The largest absolute Gasteiger partial charge is 0.465 e. The smallest absolute Gasteiger partial charge is 0.339 e. The van der Waals surface area contributed by atoms with Crippen LogP contribution in [0.5, 0.6) is 0 Å². The summed E-state index contributed by atoms with van der Waals surface area (Å²) in [5.74, 6) is 1.20. The average molecular weight is 232 g/mol. The first kappa shape index (κ1) is 12.8. The summed E-state index contributed by atoms with van der Waals surface area (Å²) in [7, 11) is 1.27. The van der Waals surface area contributed by atoms with Crippen LogP contribution in [0.15, 0.2) is 24.3 Å². The summed E-state index contributed by atoms with van der Waals surface area (Å²) in [6, 6.07) is 6.06. The molecule has 0 fully saturated rings. The highest BCUT2D eigenvalue weighted by molar-refractivity contribution is 5.95. The van der Waals surface area contributed by atoms with Gasteiger partial charge in [0.1, 0.15) is 0 Å². The third kappa shape index (κ3) is 3.35. The SMILES string of the molecule is C#C[C@@H](C)OC(=O)c1cccc(C(=O)OC)c1. The van der Waals surface area contributed by atoms with Gasteiger partial charge in [0.15, 0.2) is 6.10 Å². The van der Waals surface area contributed by atoms with E-state index in [9.17, 15) is 9.59 Å². The van der Waals surface area contributed by atoms with Crippen molar-refractivity contribution < 1.29 is 19.1 Å². The van der Waals surface area contributed by atoms with Gasteiger partial charge in [-0.25, -0.2) is 9.59 Å². The number of carbonyl (C=O) groups is 2. The second-order valence-electron chi connectivity index (χ2n) is 3.29. The average Bonchev–Trinajstić information content (AvgIpc) is 2.37. The standard InChI is InChI=1S/C13H12O4/c1-4-9(2)17-13(15)11-7-5-6-10(8-11)12(14)16-3/h1,5-9H,2-3H3/t9-/m1/s1. The molecule has 0 heterocycles. The van der Waals surface area contributed by atoms with E-state index in [-0.39, 0.29) is 11.1 Å². The fourth-order valence-corrected chi connectivity index (χ4v) is 1.15. The lowest BCUT2D eigenvalue weighted by Gasteiger charge is -2.07. The van der Waals surface area contributed by atoms with Crippen LogP contribution in [0.1, 0.15) is 27.6 Å². The van der Waals surface area contributed by atoms with Crippen molar-refractivity contribution in [1.82, 2.24) is 0 Å². The summed E-state index contributed by atoms with van der Waals surface area (Å²) < 4.78 is 9.48. The predicted molar refractivity (Wildman–Crippen MR) is 61.5 cm³/mol. The maximum absolute atomic E-state index is 11.6. The number of terminal acetylenes is 1. The first-order valence-corrected chi connectivity index (χ1v) is 4.94. The fourth-order valence-electron chi connectivity index (χ4n) is 1.15. The van der Waals surface area contributed by atoms with Crippen LogP contribution in [0.25, 0.3) is 0 Å². The van der Waals surface area contributed by atoms with Crippen LogP contribution in [0.2, 0.25) is 0 Å². The van der Waals surface area contributed by atoms with Gasteiger partial charge in [0.05, 0.1) is 18.2 Å². The van der Waals surface area contributed by atoms with Gasteiger partial charge in [-0.15, -0.1) is 6.42 Å². The molecule has 0 saturated heterocycles. The summed E-state index contributed by atoms with van der Waals surface area (Å²) in [6.07, 6.45) is 4.49. The van der Waals surface area contributed by atoms with Crippen molar-refractivity contribution in [1.29, 1.82) is 0 Å². The summed E-state index contributed by atoms with van der Waals surface area (Å²) >= 11 is 0. The van der Waals surface area contributed by atoms with E-state index in [2.05, 4.69) is 10.7 Å². The van der Waals surface area contributed by atoms with E-state index in [1.54, 1.807) is 19.1 Å². The Labute approximate surface area is 99.5 Å². The van der Waals surface area contributed by atoms with Crippen LogP contribution in [0.3, 0.4) is 0 Å². The third-order valence-corrected chi connectivity index (χ3v) is 2.04. The molecular formula is C13H12O4. The van der Waals surface area contributed by atoms with E-state index in [1.807, 2.05) is 0 Å². The van der Waals surface area contributed by atoms with Crippen molar-refractivity contribution in [2.45, 2.75) is 13.0 Å². The quantitative estimate of drug-likeness (QED) is 0.587. The highest BCUT2D eigenvalue weighted by Gasteiger charge is 2.13. The van der Waals surface area contributed by atoms with Crippen molar-refractivity contribution >= 4 is 11.9 Å². The lowest BCUT2D eigenvalue weighted by atomic mass is 10.1. The molecule has 0 radical (unpaired) electrons. The first-order chi connectivity index (χ1) is 8.08. The Kier molecular flexibility index (Phi) is 4.29. The summed E-state index contributed by atoms with van der Waals surface area (Å²) in [5.41, 5.74) is 0.547. The minimum atomic E-state index is -0.607. The van der Waals surface area contributed by atoms with Gasteiger partial charge in [0.2, 0.25) is 0 Å². The maximum atomic E-state index is 11.6. The van der Waals surface area contributed by atoms with Crippen LogP contribution in [-0.2, 0) is 9.47 Å².